The molecule has 0 heterocycles. The van der Waals surface area contributed by atoms with Crippen LogP contribution in [0.5, 0.6) is 0 Å². The van der Waals surface area contributed by atoms with Gasteiger partial charge in [0, 0.05) is 10.5 Å². The number of hydrogen-bond donors (Lipinski definition) is 1. The quantitative estimate of drug-likeness (QED) is 0.518. The molecule has 0 aromatic heterocycles. The molecule has 1 aromatic rings. The lowest BCUT2D eigenvalue weighted by Gasteiger charge is -1.91. The van der Waals surface area contributed by atoms with Crippen molar-refractivity contribution >= 4 is 33.7 Å². The van der Waals surface area contributed by atoms with Crippen LogP contribution in [0.15, 0.2) is 34.8 Å². The number of rotatable bonds is 3. The van der Waals surface area contributed by atoms with E-state index in [0.717, 1.165) is 10.0 Å². The maximum absolute atomic E-state index is 10.5. The lowest BCUT2D eigenvalue weighted by molar-refractivity contribution is -0.133. The Morgan fingerprint density at radius 2 is 2.00 bits per heavy atom. The molecule has 0 unspecified atom stereocenters. The molecule has 5 heteroatoms. The smallest absolute Gasteiger partial charge is 0.419 e. The second kappa shape index (κ2) is 5.24. The molecule has 0 aliphatic heterocycles. The van der Waals surface area contributed by atoms with E-state index in [2.05, 4.69) is 20.7 Å². The lowest BCUT2D eigenvalue weighted by atomic mass is 10.2. The first kappa shape index (κ1) is 11.4. The SMILES string of the molecule is [N-]=[N+]=C(/C=C/c1ccc(Br)cc1)C(=O)O. The zero-order valence-corrected chi connectivity index (χ0v) is 9.18. The monoisotopic (exact) mass is 266 g/mol. The minimum atomic E-state index is -1.27. The molecule has 0 aliphatic rings. The Morgan fingerprint density at radius 1 is 1.40 bits per heavy atom. The van der Waals surface area contributed by atoms with E-state index in [0.29, 0.717) is 0 Å². The van der Waals surface area contributed by atoms with Gasteiger partial charge in [0.2, 0.25) is 0 Å². The van der Waals surface area contributed by atoms with Crippen LogP contribution in [0.3, 0.4) is 0 Å². The van der Waals surface area contributed by atoms with Gasteiger partial charge in [0.05, 0.1) is 0 Å². The molecule has 1 N–H and O–H groups in total. The summed E-state index contributed by atoms with van der Waals surface area (Å²) in [4.78, 5) is 13.1. The summed E-state index contributed by atoms with van der Waals surface area (Å²) < 4.78 is 0.939. The highest BCUT2D eigenvalue weighted by molar-refractivity contribution is 9.10. The van der Waals surface area contributed by atoms with Crippen LogP contribution >= 0.6 is 15.9 Å². The Balaban J connectivity index is 2.86. The van der Waals surface area contributed by atoms with Crippen molar-refractivity contribution in [2.45, 2.75) is 0 Å². The standard InChI is InChI=1S/C10H7BrN2O2/c11-8-4-1-7(2-5-8)3-6-9(13-12)10(14)15/h1-6H,(H,14,15)/b6-3+. The van der Waals surface area contributed by atoms with E-state index in [1.807, 2.05) is 12.1 Å². The van der Waals surface area contributed by atoms with Gasteiger partial charge in [-0.2, -0.15) is 4.79 Å². The maximum atomic E-state index is 10.5. The van der Waals surface area contributed by atoms with Crippen molar-refractivity contribution in [1.29, 1.82) is 0 Å². The molecule has 0 bridgehead atoms. The second-order valence-corrected chi connectivity index (χ2v) is 3.59. The zero-order valence-electron chi connectivity index (χ0n) is 7.59. The molecule has 0 radical (unpaired) electrons. The van der Waals surface area contributed by atoms with Gasteiger partial charge in [-0.15, -0.1) is 0 Å². The fourth-order valence-electron chi connectivity index (χ4n) is 0.896. The van der Waals surface area contributed by atoms with Gasteiger partial charge in [0.1, 0.15) is 0 Å². The normalized spacial score (nSPS) is 9.93. The Kier molecular flexibility index (Phi) is 3.97. The first-order chi connectivity index (χ1) is 7.13. The van der Waals surface area contributed by atoms with Crippen molar-refractivity contribution in [3.8, 4) is 0 Å². The van der Waals surface area contributed by atoms with Gasteiger partial charge in [-0.3, -0.25) is 0 Å². The topological polar surface area (TPSA) is 73.7 Å². The predicted molar refractivity (Wildman–Crippen MR) is 59.4 cm³/mol. The van der Waals surface area contributed by atoms with Crippen LogP contribution in [-0.2, 0) is 4.79 Å². The highest BCUT2D eigenvalue weighted by atomic mass is 79.9. The molecular formula is C10H7BrN2O2. The summed E-state index contributed by atoms with van der Waals surface area (Å²) in [5, 5.41) is 8.55. The van der Waals surface area contributed by atoms with Gasteiger partial charge in [0.15, 0.2) is 0 Å². The van der Waals surface area contributed by atoms with E-state index in [1.165, 1.54) is 6.08 Å². The Bertz CT molecular complexity index is 445. The van der Waals surface area contributed by atoms with E-state index in [9.17, 15) is 4.79 Å². The largest absolute Gasteiger partial charge is 0.472 e. The average Bonchev–Trinajstić information content (AvgIpc) is 2.21. The maximum Gasteiger partial charge on any atom is 0.419 e. The molecule has 0 spiro atoms. The number of carboxylic acid groups (broad SMARTS) is 1. The van der Waals surface area contributed by atoms with Crippen molar-refractivity contribution < 1.29 is 14.7 Å². The summed E-state index contributed by atoms with van der Waals surface area (Å²) in [7, 11) is 0. The molecule has 1 rings (SSSR count). The number of carbonyl (C=O) groups is 1. The molecule has 15 heavy (non-hydrogen) atoms. The van der Waals surface area contributed by atoms with Crippen LogP contribution in [0, 0.1) is 0 Å². The first-order valence-electron chi connectivity index (χ1n) is 4.02. The molecule has 0 atom stereocenters. The fourth-order valence-corrected chi connectivity index (χ4v) is 1.16. The van der Waals surface area contributed by atoms with E-state index in [1.54, 1.807) is 18.2 Å². The van der Waals surface area contributed by atoms with E-state index in [4.69, 9.17) is 10.6 Å². The van der Waals surface area contributed by atoms with Crippen LogP contribution < -0.4 is 0 Å². The van der Waals surface area contributed by atoms with Crippen molar-refractivity contribution in [2.75, 3.05) is 0 Å². The molecule has 76 valence electrons. The summed E-state index contributed by atoms with van der Waals surface area (Å²) in [6.07, 6.45) is 2.78. The van der Waals surface area contributed by atoms with Crippen LogP contribution in [-0.4, -0.2) is 21.6 Å². The van der Waals surface area contributed by atoms with Gasteiger partial charge < -0.3 is 10.6 Å². The molecule has 0 fully saturated rings. The van der Waals surface area contributed by atoms with E-state index in [-0.39, 0.29) is 0 Å². The van der Waals surface area contributed by atoms with Crippen LogP contribution in [0.4, 0.5) is 0 Å². The van der Waals surface area contributed by atoms with Crippen LogP contribution in [0.1, 0.15) is 5.56 Å². The van der Waals surface area contributed by atoms with E-state index < -0.39 is 11.7 Å². The van der Waals surface area contributed by atoms with Gasteiger partial charge in [0.25, 0.3) is 0 Å². The van der Waals surface area contributed by atoms with E-state index >= 15 is 0 Å². The van der Waals surface area contributed by atoms with Gasteiger partial charge >= 0.3 is 11.7 Å². The summed E-state index contributed by atoms with van der Waals surface area (Å²) in [5.41, 5.74) is 8.78. The Hall–Kier alpha value is -1.71. The zero-order chi connectivity index (χ0) is 11.3. The van der Waals surface area contributed by atoms with Crippen molar-refractivity contribution in [2.24, 2.45) is 0 Å². The fraction of sp³-hybridized carbons (Fsp3) is 0. The molecule has 4 nitrogen and oxygen atoms in total. The average molecular weight is 267 g/mol. The number of nitrogens with zero attached hydrogens (tertiary/aromatic N) is 2. The van der Waals surface area contributed by atoms with Crippen LogP contribution in [0.25, 0.3) is 11.6 Å². The number of halogens is 1. The van der Waals surface area contributed by atoms with Gasteiger partial charge in [-0.25, -0.2) is 4.79 Å². The number of carboxylic acids is 1. The van der Waals surface area contributed by atoms with Crippen molar-refractivity contribution in [3.63, 3.8) is 0 Å². The Labute approximate surface area is 94.6 Å². The summed E-state index contributed by atoms with van der Waals surface area (Å²) in [5.74, 6) is -1.27. The molecule has 0 saturated carbocycles. The Morgan fingerprint density at radius 3 is 2.47 bits per heavy atom. The highest BCUT2D eigenvalue weighted by Gasteiger charge is 2.13. The first-order valence-corrected chi connectivity index (χ1v) is 4.82. The minimum absolute atomic E-state index is 0.405. The molecule has 1 aromatic carbocycles. The molecular weight excluding hydrogens is 260 g/mol. The van der Waals surface area contributed by atoms with Crippen molar-refractivity contribution in [1.82, 2.24) is 0 Å². The lowest BCUT2D eigenvalue weighted by Crippen LogP contribution is -2.10. The number of hydrogen-bond acceptors (Lipinski definition) is 1. The predicted octanol–water partition coefficient (Wildman–Crippen LogP) is 2.22. The second-order valence-electron chi connectivity index (χ2n) is 2.68. The van der Waals surface area contributed by atoms with Gasteiger partial charge in [-0.05, 0) is 23.8 Å². The number of aliphatic carboxylic acids is 1. The van der Waals surface area contributed by atoms with Crippen molar-refractivity contribution in [3.05, 3.63) is 45.9 Å². The third kappa shape index (κ3) is 3.50. The summed E-state index contributed by atoms with van der Waals surface area (Å²) >= 11 is 3.28. The highest BCUT2D eigenvalue weighted by Crippen LogP contribution is 2.11. The molecule has 0 amide bonds. The third-order valence-corrected chi connectivity index (χ3v) is 2.16. The molecule has 0 aliphatic carbocycles. The minimum Gasteiger partial charge on any atom is -0.472 e. The van der Waals surface area contributed by atoms with Gasteiger partial charge in [-0.1, -0.05) is 28.1 Å². The number of benzene rings is 1. The molecule has 0 saturated heterocycles. The summed E-state index contributed by atoms with van der Waals surface area (Å²) in [6.45, 7) is 0. The summed E-state index contributed by atoms with van der Waals surface area (Å²) in [6, 6.07) is 7.27. The van der Waals surface area contributed by atoms with Crippen LogP contribution in [0.2, 0.25) is 0 Å². The third-order valence-electron chi connectivity index (χ3n) is 1.63.